The molecule has 0 aliphatic carbocycles. The highest BCUT2D eigenvalue weighted by Gasteiger charge is 2.04. The number of halogens is 1. The van der Waals surface area contributed by atoms with Gasteiger partial charge in [0, 0.05) is 16.8 Å². The largest absolute Gasteiger partial charge is 0.473 e. The van der Waals surface area contributed by atoms with E-state index < -0.39 is 0 Å². The molecule has 0 saturated carbocycles. The fourth-order valence-corrected chi connectivity index (χ4v) is 2.03. The van der Waals surface area contributed by atoms with Crippen LogP contribution in [-0.4, -0.2) is 10.1 Å². The van der Waals surface area contributed by atoms with Crippen molar-refractivity contribution >= 4 is 11.6 Å². The van der Waals surface area contributed by atoms with Crippen molar-refractivity contribution in [3.8, 4) is 5.88 Å². The summed E-state index contributed by atoms with van der Waals surface area (Å²) in [4.78, 5) is 4.44. The molecule has 1 heterocycles. The first kappa shape index (κ1) is 14.8. The SMILES string of the molecule is CCCc1cc(CO)cc(OCc2ccc(Cl)cc2)n1. The Kier molecular flexibility index (Phi) is 5.39. The third kappa shape index (κ3) is 4.22. The molecule has 0 bridgehead atoms. The molecule has 0 spiro atoms. The molecule has 2 aromatic rings. The molecule has 0 fully saturated rings. The van der Waals surface area contributed by atoms with E-state index >= 15 is 0 Å². The zero-order valence-corrected chi connectivity index (χ0v) is 12.2. The zero-order chi connectivity index (χ0) is 14.4. The number of aliphatic hydroxyl groups excluding tert-OH is 1. The lowest BCUT2D eigenvalue weighted by atomic mass is 10.2. The number of aryl methyl sites for hydroxylation is 1. The summed E-state index contributed by atoms with van der Waals surface area (Å²) in [5, 5.41) is 9.98. The topological polar surface area (TPSA) is 42.4 Å². The van der Waals surface area contributed by atoms with E-state index in [-0.39, 0.29) is 6.61 Å². The molecule has 2 rings (SSSR count). The van der Waals surface area contributed by atoms with Crippen molar-refractivity contribution < 1.29 is 9.84 Å². The number of benzene rings is 1. The summed E-state index contributed by atoms with van der Waals surface area (Å²) in [5.41, 5.74) is 2.81. The van der Waals surface area contributed by atoms with Crippen LogP contribution in [0.3, 0.4) is 0 Å². The Bertz CT molecular complexity index is 555. The second kappa shape index (κ2) is 7.27. The molecule has 1 aromatic heterocycles. The molecular weight excluding hydrogens is 274 g/mol. The van der Waals surface area contributed by atoms with Gasteiger partial charge in [-0.1, -0.05) is 37.1 Å². The average Bonchev–Trinajstić information content (AvgIpc) is 2.47. The maximum atomic E-state index is 9.27. The normalized spacial score (nSPS) is 10.6. The summed E-state index contributed by atoms with van der Waals surface area (Å²) in [6.45, 7) is 2.53. The molecule has 0 atom stereocenters. The number of ether oxygens (including phenoxy) is 1. The van der Waals surface area contributed by atoms with Gasteiger partial charge in [0.2, 0.25) is 5.88 Å². The van der Waals surface area contributed by atoms with Crippen LogP contribution in [0.2, 0.25) is 5.02 Å². The fraction of sp³-hybridized carbons (Fsp3) is 0.312. The minimum Gasteiger partial charge on any atom is -0.473 e. The van der Waals surface area contributed by atoms with Gasteiger partial charge in [0.15, 0.2) is 0 Å². The first-order valence-corrected chi connectivity index (χ1v) is 7.07. The van der Waals surface area contributed by atoms with Gasteiger partial charge in [-0.3, -0.25) is 0 Å². The Hall–Kier alpha value is -1.58. The Morgan fingerprint density at radius 3 is 2.55 bits per heavy atom. The Morgan fingerprint density at radius 1 is 1.15 bits per heavy atom. The van der Waals surface area contributed by atoms with Crippen molar-refractivity contribution in [1.29, 1.82) is 0 Å². The third-order valence-corrected chi connectivity index (χ3v) is 3.16. The summed E-state index contributed by atoms with van der Waals surface area (Å²) in [5.74, 6) is 0.551. The number of rotatable bonds is 6. The summed E-state index contributed by atoms with van der Waals surface area (Å²) in [6.07, 6.45) is 1.89. The summed E-state index contributed by atoms with van der Waals surface area (Å²) in [7, 11) is 0. The van der Waals surface area contributed by atoms with E-state index in [9.17, 15) is 5.11 Å². The second-order valence-electron chi connectivity index (χ2n) is 4.63. The zero-order valence-electron chi connectivity index (χ0n) is 11.5. The van der Waals surface area contributed by atoms with E-state index in [1.807, 2.05) is 30.3 Å². The number of nitrogens with zero attached hydrogens (tertiary/aromatic N) is 1. The molecule has 3 nitrogen and oxygen atoms in total. The Balaban J connectivity index is 2.07. The number of aliphatic hydroxyl groups is 1. The van der Waals surface area contributed by atoms with Crippen LogP contribution in [0.15, 0.2) is 36.4 Å². The van der Waals surface area contributed by atoms with Crippen LogP contribution < -0.4 is 4.74 Å². The minimum atomic E-state index is -0.00343. The standard InChI is InChI=1S/C16H18ClNO2/c1-2-3-15-8-13(10-19)9-16(18-15)20-11-12-4-6-14(17)7-5-12/h4-9,19H,2-3,10-11H2,1H3. The van der Waals surface area contributed by atoms with Gasteiger partial charge < -0.3 is 9.84 Å². The highest BCUT2D eigenvalue weighted by atomic mass is 35.5. The van der Waals surface area contributed by atoms with E-state index in [2.05, 4.69) is 11.9 Å². The summed E-state index contributed by atoms with van der Waals surface area (Å²) < 4.78 is 5.70. The highest BCUT2D eigenvalue weighted by molar-refractivity contribution is 6.30. The van der Waals surface area contributed by atoms with Crippen molar-refractivity contribution in [3.63, 3.8) is 0 Å². The average molecular weight is 292 g/mol. The lowest BCUT2D eigenvalue weighted by Crippen LogP contribution is -2.01. The number of hydrogen-bond donors (Lipinski definition) is 1. The van der Waals surface area contributed by atoms with E-state index in [1.165, 1.54) is 0 Å². The van der Waals surface area contributed by atoms with Crippen molar-refractivity contribution in [2.24, 2.45) is 0 Å². The highest BCUT2D eigenvalue weighted by Crippen LogP contribution is 2.16. The molecular formula is C16H18ClNO2. The van der Waals surface area contributed by atoms with Gasteiger partial charge in [-0.2, -0.15) is 0 Å². The van der Waals surface area contributed by atoms with Crippen LogP contribution in [-0.2, 0) is 19.6 Å². The van der Waals surface area contributed by atoms with Crippen molar-refractivity contribution in [2.45, 2.75) is 33.0 Å². The molecule has 0 radical (unpaired) electrons. The van der Waals surface area contributed by atoms with Crippen molar-refractivity contribution in [3.05, 3.63) is 58.2 Å². The monoisotopic (exact) mass is 291 g/mol. The molecule has 4 heteroatoms. The van der Waals surface area contributed by atoms with Gasteiger partial charge in [0.05, 0.1) is 6.61 Å². The van der Waals surface area contributed by atoms with Crippen LogP contribution in [0.25, 0.3) is 0 Å². The molecule has 0 unspecified atom stereocenters. The van der Waals surface area contributed by atoms with E-state index in [1.54, 1.807) is 6.07 Å². The van der Waals surface area contributed by atoms with E-state index in [0.717, 1.165) is 29.7 Å². The van der Waals surface area contributed by atoms with Gasteiger partial charge in [0.1, 0.15) is 6.61 Å². The molecule has 0 saturated heterocycles. The van der Waals surface area contributed by atoms with Crippen molar-refractivity contribution in [1.82, 2.24) is 4.98 Å². The van der Waals surface area contributed by atoms with Crippen LogP contribution in [0, 0.1) is 0 Å². The van der Waals surface area contributed by atoms with Gasteiger partial charge in [-0.15, -0.1) is 0 Å². The van der Waals surface area contributed by atoms with Crippen LogP contribution in [0.5, 0.6) is 5.88 Å². The molecule has 106 valence electrons. The van der Waals surface area contributed by atoms with Gasteiger partial charge >= 0.3 is 0 Å². The number of aromatic nitrogens is 1. The van der Waals surface area contributed by atoms with E-state index in [0.29, 0.717) is 17.5 Å². The molecule has 1 aromatic carbocycles. The lowest BCUT2D eigenvalue weighted by Gasteiger charge is -2.09. The molecule has 1 N–H and O–H groups in total. The van der Waals surface area contributed by atoms with Crippen LogP contribution in [0.4, 0.5) is 0 Å². The predicted octanol–water partition coefficient (Wildman–Crippen LogP) is 3.76. The van der Waals surface area contributed by atoms with Crippen molar-refractivity contribution in [2.75, 3.05) is 0 Å². The van der Waals surface area contributed by atoms with Gasteiger partial charge in [-0.05, 0) is 35.7 Å². The predicted molar refractivity (Wildman–Crippen MR) is 79.9 cm³/mol. The molecule has 0 amide bonds. The fourth-order valence-electron chi connectivity index (χ4n) is 1.91. The third-order valence-electron chi connectivity index (χ3n) is 2.90. The molecule has 0 aliphatic rings. The smallest absolute Gasteiger partial charge is 0.214 e. The quantitative estimate of drug-likeness (QED) is 0.881. The van der Waals surface area contributed by atoms with Crippen LogP contribution in [0.1, 0.15) is 30.2 Å². The Morgan fingerprint density at radius 2 is 1.90 bits per heavy atom. The summed E-state index contributed by atoms with van der Waals surface area (Å²) in [6, 6.07) is 11.2. The Labute approximate surface area is 124 Å². The summed E-state index contributed by atoms with van der Waals surface area (Å²) >= 11 is 5.84. The van der Waals surface area contributed by atoms with Gasteiger partial charge in [-0.25, -0.2) is 4.98 Å². The van der Waals surface area contributed by atoms with Gasteiger partial charge in [0.25, 0.3) is 0 Å². The first-order chi connectivity index (χ1) is 9.71. The lowest BCUT2D eigenvalue weighted by molar-refractivity contribution is 0.274. The minimum absolute atomic E-state index is 0.00343. The molecule has 0 aliphatic heterocycles. The number of hydrogen-bond acceptors (Lipinski definition) is 3. The maximum Gasteiger partial charge on any atom is 0.214 e. The maximum absolute atomic E-state index is 9.27. The number of pyridine rings is 1. The molecule has 20 heavy (non-hydrogen) atoms. The van der Waals surface area contributed by atoms with Crippen LogP contribution >= 0.6 is 11.6 Å². The van der Waals surface area contributed by atoms with E-state index in [4.69, 9.17) is 16.3 Å². The first-order valence-electron chi connectivity index (χ1n) is 6.69. The second-order valence-corrected chi connectivity index (χ2v) is 5.06.